The Balaban J connectivity index is 2.37. The Morgan fingerprint density at radius 1 is 1.38 bits per heavy atom. The van der Waals surface area contributed by atoms with E-state index >= 15 is 0 Å². The zero-order valence-corrected chi connectivity index (χ0v) is 11.0. The molecule has 2 nitrogen and oxygen atoms in total. The maximum absolute atomic E-state index is 4.64. The molecule has 0 aromatic carbocycles. The molecular weight excluding hydrogens is 196 g/mol. The molecule has 2 rings (SSSR count). The van der Waals surface area contributed by atoms with Crippen LogP contribution in [-0.4, -0.2) is 23.0 Å². The van der Waals surface area contributed by atoms with Gasteiger partial charge in [0.2, 0.25) is 0 Å². The minimum absolute atomic E-state index is 0.198. The van der Waals surface area contributed by atoms with E-state index < -0.39 is 0 Å². The molecule has 0 saturated carbocycles. The first-order valence-electron chi connectivity index (χ1n) is 6.06. The van der Waals surface area contributed by atoms with Crippen molar-refractivity contribution in [2.24, 2.45) is 0 Å². The van der Waals surface area contributed by atoms with Crippen molar-refractivity contribution in [3.05, 3.63) is 29.1 Å². The fourth-order valence-electron chi connectivity index (χ4n) is 2.13. The highest BCUT2D eigenvalue weighted by Gasteiger charge is 2.23. The van der Waals surface area contributed by atoms with Gasteiger partial charge in [-0.1, -0.05) is 26.8 Å². The van der Waals surface area contributed by atoms with Gasteiger partial charge in [0.05, 0.1) is 0 Å². The van der Waals surface area contributed by atoms with Gasteiger partial charge in [-0.05, 0) is 30.5 Å². The zero-order valence-electron chi connectivity index (χ0n) is 11.0. The molecule has 1 atom stereocenters. The second-order valence-electron chi connectivity index (χ2n) is 6.05. The highest BCUT2D eigenvalue weighted by atomic mass is 15.1. The summed E-state index contributed by atoms with van der Waals surface area (Å²) < 4.78 is 0. The van der Waals surface area contributed by atoms with E-state index in [4.69, 9.17) is 0 Å². The van der Waals surface area contributed by atoms with Gasteiger partial charge in [-0.25, -0.2) is 0 Å². The second-order valence-corrected chi connectivity index (χ2v) is 6.05. The average molecular weight is 218 g/mol. The highest BCUT2D eigenvalue weighted by Crippen LogP contribution is 2.26. The maximum atomic E-state index is 4.64. The maximum Gasteiger partial charge on any atom is 0.0464 e. The minimum Gasteiger partial charge on any atom is -0.299 e. The number of rotatable bonds is 0. The van der Waals surface area contributed by atoms with Crippen molar-refractivity contribution in [2.75, 3.05) is 7.05 Å². The van der Waals surface area contributed by atoms with Crippen molar-refractivity contribution < 1.29 is 0 Å². The van der Waals surface area contributed by atoms with Crippen LogP contribution in [0, 0.1) is 0 Å². The van der Waals surface area contributed by atoms with Gasteiger partial charge in [-0.2, -0.15) is 0 Å². The molecule has 1 aromatic rings. The molecule has 1 aliphatic heterocycles. The molecule has 1 unspecified atom stereocenters. The summed E-state index contributed by atoms with van der Waals surface area (Å²) in [6, 6.07) is 2.95. The third kappa shape index (κ3) is 2.12. The summed E-state index contributed by atoms with van der Waals surface area (Å²) in [6.45, 7) is 10.0. The van der Waals surface area contributed by atoms with Gasteiger partial charge in [-0.15, -0.1) is 0 Å². The molecule has 1 aromatic heterocycles. The minimum atomic E-state index is 0.198. The van der Waals surface area contributed by atoms with Crippen LogP contribution in [0.2, 0.25) is 0 Å². The van der Waals surface area contributed by atoms with Gasteiger partial charge in [-0.3, -0.25) is 9.88 Å². The van der Waals surface area contributed by atoms with E-state index in [2.05, 4.69) is 56.9 Å². The lowest BCUT2D eigenvalue weighted by molar-refractivity contribution is 0.228. The van der Waals surface area contributed by atoms with E-state index in [1.165, 1.54) is 16.8 Å². The van der Waals surface area contributed by atoms with Gasteiger partial charge in [0, 0.05) is 30.9 Å². The van der Waals surface area contributed by atoms with E-state index in [-0.39, 0.29) is 5.41 Å². The summed E-state index contributed by atoms with van der Waals surface area (Å²) in [5.41, 5.74) is 4.24. The van der Waals surface area contributed by atoms with Crippen LogP contribution in [0.25, 0.3) is 0 Å². The molecule has 0 N–H and O–H groups in total. The van der Waals surface area contributed by atoms with Crippen LogP contribution in [0.1, 0.15) is 44.5 Å². The third-order valence-corrected chi connectivity index (χ3v) is 3.59. The Morgan fingerprint density at radius 3 is 2.69 bits per heavy atom. The summed E-state index contributed by atoms with van der Waals surface area (Å²) in [5, 5.41) is 0. The molecule has 0 amide bonds. The van der Waals surface area contributed by atoms with E-state index in [1.54, 1.807) is 0 Å². The zero-order chi connectivity index (χ0) is 11.9. The van der Waals surface area contributed by atoms with Crippen LogP contribution in [0.4, 0.5) is 0 Å². The molecule has 0 radical (unpaired) electrons. The topological polar surface area (TPSA) is 16.1 Å². The van der Waals surface area contributed by atoms with Crippen LogP contribution in [0.15, 0.2) is 12.3 Å². The van der Waals surface area contributed by atoms with Gasteiger partial charge in [0.15, 0.2) is 0 Å². The van der Waals surface area contributed by atoms with Crippen molar-refractivity contribution in [1.82, 2.24) is 9.88 Å². The number of fused-ring (bicyclic) bond motifs is 1. The standard InChI is InChI=1S/C14H22N2/c1-10-6-13-11(9-16(10)5)7-12(8-15-13)14(2,3)4/h7-8,10H,6,9H2,1-5H3. The summed E-state index contributed by atoms with van der Waals surface area (Å²) >= 11 is 0. The highest BCUT2D eigenvalue weighted by molar-refractivity contribution is 5.31. The quantitative estimate of drug-likeness (QED) is 0.665. The van der Waals surface area contributed by atoms with Crippen molar-refractivity contribution in [2.45, 2.75) is 52.1 Å². The normalized spacial score (nSPS) is 21.9. The number of hydrogen-bond donors (Lipinski definition) is 0. The fourth-order valence-corrected chi connectivity index (χ4v) is 2.13. The lowest BCUT2D eigenvalue weighted by atomic mass is 9.86. The SMILES string of the molecule is CC1Cc2ncc(C(C)(C)C)cc2CN1C. The molecule has 0 saturated heterocycles. The Hall–Kier alpha value is -0.890. The van der Waals surface area contributed by atoms with E-state index in [0.717, 1.165) is 13.0 Å². The number of hydrogen-bond acceptors (Lipinski definition) is 2. The van der Waals surface area contributed by atoms with Crippen molar-refractivity contribution >= 4 is 0 Å². The predicted molar refractivity (Wildman–Crippen MR) is 67.6 cm³/mol. The Morgan fingerprint density at radius 2 is 2.06 bits per heavy atom. The van der Waals surface area contributed by atoms with Crippen LogP contribution in [0.3, 0.4) is 0 Å². The predicted octanol–water partition coefficient (Wildman–Crippen LogP) is 2.76. The number of nitrogens with zero attached hydrogens (tertiary/aromatic N) is 2. The largest absolute Gasteiger partial charge is 0.299 e. The fraction of sp³-hybridized carbons (Fsp3) is 0.643. The first-order valence-corrected chi connectivity index (χ1v) is 6.06. The summed E-state index contributed by atoms with van der Waals surface area (Å²) in [6.07, 6.45) is 3.13. The van der Waals surface area contributed by atoms with Crippen LogP contribution < -0.4 is 0 Å². The molecule has 88 valence electrons. The number of pyridine rings is 1. The molecule has 0 aliphatic carbocycles. The van der Waals surface area contributed by atoms with Crippen molar-refractivity contribution in [3.63, 3.8) is 0 Å². The van der Waals surface area contributed by atoms with Gasteiger partial charge in [0.1, 0.15) is 0 Å². The number of likely N-dealkylation sites (N-methyl/N-ethyl adjacent to an activating group) is 1. The molecule has 0 spiro atoms. The van der Waals surface area contributed by atoms with Crippen molar-refractivity contribution in [3.8, 4) is 0 Å². The summed E-state index contributed by atoms with van der Waals surface area (Å²) in [7, 11) is 2.19. The third-order valence-electron chi connectivity index (χ3n) is 3.59. The molecule has 0 fully saturated rings. The first kappa shape index (κ1) is 11.6. The number of aromatic nitrogens is 1. The summed E-state index contributed by atoms with van der Waals surface area (Å²) in [5.74, 6) is 0. The van der Waals surface area contributed by atoms with Crippen molar-refractivity contribution in [1.29, 1.82) is 0 Å². The molecular formula is C14H22N2. The van der Waals surface area contributed by atoms with E-state index in [1.807, 2.05) is 0 Å². The lowest BCUT2D eigenvalue weighted by Gasteiger charge is -2.32. The van der Waals surface area contributed by atoms with E-state index in [9.17, 15) is 0 Å². The molecule has 0 bridgehead atoms. The second kappa shape index (κ2) is 3.85. The lowest BCUT2D eigenvalue weighted by Crippen LogP contribution is -2.35. The van der Waals surface area contributed by atoms with Crippen LogP contribution in [-0.2, 0) is 18.4 Å². The van der Waals surface area contributed by atoms with E-state index in [0.29, 0.717) is 6.04 Å². The summed E-state index contributed by atoms with van der Waals surface area (Å²) in [4.78, 5) is 7.04. The Bertz CT molecular complexity index is 390. The Kier molecular flexibility index (Phi) is 2.79. The van der Waals surface area contributed by atoms with Crippen LogP contribution >= 0.6 is 0 Å². The molecule has 2 heteroatoms. The molecule has 16 heavy (non-hydrogen) atoms. The van der Waals surface area contributed by atoms with Gasteiger partial charge in [0.25, 0.3) is 0 Å². The monoisotopic (exact) mass is 218 g/mol. The molecule has 1 aliphatic rings. The molecule has 2 heterocycles. The van der Waals surface area contributed by atoms with Crippen LogP contribution in [0.5, 0.6) is 0 Å². The Labute approximate surface area is 98.7 Å². The van der Waals surface area contributed by atoms with Gasteiger partial charge >= 0.3 is 0 Å². The van der Waals surface area contributed by atoms with Gasteiger partial charge < -0.3 is 0 Å². The first-order chi connectivity index (χ1) is 7.38. The average Bonchev–Trinajstić information content (AvgIpc) is 2.17. The smallest absolute Gasteiger partial charge is 0.0464 e.